The molecule has 0 unspecified atom stereocenters. The first kappa shape index (κ1) is 15.5. The van der Waals surface area contributed by atoms with Crippen molar-refractivity contribution < 1.29 is 19.1 Å². The lowest BCUT2D eigenvalue weighted by molar-refractivity contribution is -0.142. The molecule has 0 radical (unpaired) electrons. The number of nitrogens with one attached hydrogen (secondary N) is 1. The van der Waals surface area contributed by atoms with Crippen molar-refractivity contribution in [1.29, 1.82) is 0 Å². The molecule has 1 aromatic rings. The number of para-hydroxylation sites is 1. The molecule has 1 saturated carbocycles. The molecule has 6 nitrogen and oxygen atoms in total. The minimum atomic E-state index is -0.505. The zero-order valence-corrected chi connectivity index (χ0v) is 13.1. The summed E-state index contributed by atoms with van der Waals surface area (Å²) in [7, 11) is 0. The Bertz CT molecular complexity index is 619. The van der Waals surface area contributed by atoms with Gasteiger partial charge in [0.1, 0.15) is 5.75 Å². The number of hydrogen-bond donors (Lipinski definition) is 1. The van der Waals surface area contributed by atoms with Crippen LogP contribution in [0.1, 0.15) is 43.0 Å². The van der Waals surface area contributed by atoms with E-state index in [0.29, 0.717) is 17.9 Å². The Hall–Kier alpha value is -2.37. The summed E-state index contributed by atoms with van der Waals surface area (Å²) >= 11 is 0. The lowest BCUT2D eigenvalue weighted by atomic mass is 9.81. The highest BCUT2D eigenvalue weighted by molar-refractivity contribution is 6.08. The Morgan fingerprint density at radius 1 is 1.17 bits per heavy atom. The fraction of sp³-hybridized carbons (Fsp3) is 0.471. The summed E-state index contributed by atoms with van der Waals surface area (Å²) in [5.41, 5.74) is 2.78. The molecule has 0 aromatic heterocycles. The van der Waals surface area contributed by atoms with Crippen LogP contribution in [-0.4, -0.2) is 29.3 Å². The van der Waals surface area contributed by atoms with Gasteiger partial charge in [-0.2, -0.15) is 5.01 Å². The Labute approximate surface area is 134 Å². The number of amides is 3. The monoisotopic (exact) mass is 316 g/mol. The molecule has 2 fully saturated rings. The maximum absolute atomic E-state index is 12.5. The molecule has 23 heavy (non-hydrogen) atoms. The summed E-state index contributed by atoms with van der Waals surface area (Å²) < 4.78 is 5.42. The van der Waals surface area contributed by atoms with Crippen molar-refractivity contribution >= 4 is 17.7 Å². The summed E-state index contributed by atoms with van der Waals surface area (Å²) in [4.78, 5) is 37.2. The van der Waals surface area contributed by atoms with Crippen molar-refractivity contribution in [3.8, 4) is 5.75 Å². The summed E-state index contributed by atoms with van der Waals surface area (Å²) in [5, 5.41) is 0.908. The number of imide groups is 1. The van der Waals surface area contributed by atoms with Gasteiger partial charge < -0.3 is 4.74 Å². The van der Waals surface area contributed by atoms with E-state index in [2.05, 4.69) is 5.43 Å². The first-order valence-corrected chi connectivity index (χ1v) is 8.04. The van der Waals surface area contributed by atoms with E-state index in [1.807, 2.05) is 6.92 Å². The van der Waals surface area contributed by atoms with Crippen LogP contribution in [0.3, 0.4) is 0 Å². The highest BCUT2D eigenvalue weighted by Gasteiger charge is 2.49. The van der Waals surface area contributed by atoms with Gasteiger partial charge in [0.2, 0.25) is 0 Å². The highest BCUT2D eigenvalue weighted by Crippen LogP contribution is 2.37. The van der Waals surface area contributed by atoms with Crippen molar-refractivity contribution in [1.82, 2.24) is 10.4 Å². The normalized spacial score (nSPS) is 23.6. The maximum Gasteiger partial charge on any atom is 0.274 e. The first-order valence-electron chi connectivity index (χ1n) is 8.04. The van der Waals surface area contributed by atoms with Gasteiger partial charge in [-0.25, -0.2) is 0 Å². The molecule has 1 aromatic carbocycles. The van der Waals surface area contributed by atoms with Crippen LogP contribution in [0.5, 0.6) is 5.75 Å². The lowest BCUT2D eigenvalue weighted by Gasteiger charge is -2.19. The van der Waals surface area contributed by atoms with E-state index >= 15 is 0 Å². The molecule has 1 heterocycles. The number of rotatable bonds is 4. The number of ether oxygens (including phenoxy) is 1. The van der Waals surface area contributed by atoms with Crippen molar-refractivity contribution in [2.75, 3.05) is 6.61 Å². The number of nitrogens with zero attached hydrogens (tertiary/aromatic N) is 1. The number of benzene rings is 1. The fourth-order valence-electron chi connectivity index (χ4n) is 3.37. The minimum Gasteiger partial charge on any atom is -0.493 e. The van der Waals surface area contributed by atoms with Gasteiger partial charge in [-0.15, -0.1) is 0 Å². The van der Waals surface area contributed by atoms with Crippen molar-refractivity contribution in [2.45, 2.75) is 32.6 Å². The van der Waals surface area contributed by atoms with Crippen LogP contribution in [0.2, 0.25) is 0 Å². The molecule has 1 aliphatic heterocycles. The molecule has 6 heteroatoms. The first-order chi connectivity index (χ1) is 11.1. The third-order valence-electron chi connectivity index (χ3n) is 4.49. The minimum absolute atomic E-state index is 0.279. The standard InChI is InChI=1S/C17H20N2O4/c1-2-23-14-10-6-5-9-13(14)15(20)18-19-16(21)11-7-3-4-8-12(11)17(19)22/h5-6,9-12H,2-4,7-8H2,1H3,(H,18,20)/t11-,12+. The van der Waals surface area contributed by atoms with Crippen LogP contribution >= 0.6 is 0 Å². The van der Waals surface area contributed by atoms with Gasteiger partial charge in [0.05, 0.1) is 24.0 Å². The molecule has 2 atom stereocenters. The van der Waals surface area contributed by atoms with Gasteiger partial charge in [0, 0.05) is 0 Å². The van der Waals surface area contributed by atoms with Crippen LogP contribution in [0, 0.1) is 11.8 Å². The average Bonchev–Trinajstić information content (AvgIpc) is 2.81. The van der Waals surface area contributed by atoms with Crippen LogP contribution < -0.4 is 10.2 Å². The molecular weight excluding hydrogens is 296 g/mol. The summed E-state index contributed by atoms with van der Waals surface area (Å²) in [6.07, 6.45) is 3.35. The number of hydrazine groups is 1. The SMILES string of the molecule is CCOc1ccccc1C(=O)NN1C(=O)[C@H]2CCCC[C@H]2C1=O. The maximum atomic E-state index is 12.5. The van der Waals surface area contributed by atoms with Gasteiger partial charge in [-0.05, 0) is 31.9 Å². The van der Waals surface area contributed by atoms with Crippen molar-refractivity contribution in [3.05, 3.63) is 29.8 Å². The smallest absolute Gasteiger partial charge is 0.274 e. The van der Waals surface area contributed by atoms with Gasteiger partial charge >= 0.3 is 0 Å². The summed E-state index contributed by atoms with van der Waals surface area (Å²) in [5.74, 6) is -1.21. The van der Waals surface area contributed by atoms with Crippen molar-refractivity contribution in [3.63, 3.8) is 0 Å². The van der Waals surface area contributed by atoms with E-state index in [1.54, 1.807) is 24.3 Å². The van der Waals surface area contributed by atoms with E-state index in [1.165, 1.54) is 0 Å². The Morgan fingerprint density at radius 2 is 1.78 bits per heavy atom. The van der Waals surface area contributed by atoms with E-state index < -0.39 is 5.91 Å². The van der Waals surface area contributed by atoms with E-state index in [-0.39, 0.29) is 23.7 Å². The molecule has 3 rings (SSSR count). The molecule has 0 spiro atoms. The molecule has 0 bridgehead atoms. The van der Waals surface area contributed by atoms with Gasteiger partial charge in [0.15, 0.2) is 0 Å². The lowest BCUT2D eigenvalue weighted by Crippen LogP contribution is -2.46. The predicted molar refractivity (Wildman–Crippen MR) is 82.4 cm³/mol. The van der Waals surface area contributed by atoms with Crippen LogP contribution in [0.15, 0.2) is 24.3 Å². The van der Waals surface area contributed by atoms with Gasteiger partial charge in [-0.1, -0.05) is 25.0 Å². The van der Waals surface area contributed by atoms with Crippen LogP contribution in [-0.2, 0) is 9.59 Å². The number of carbonyl (C=O) groups excluding carboxylic acids is 3. The molecule has 1 saturated heterocycles. The van der Waals surface area contributed by atoms with E-state index in [4.69, 9.17) is 4.74 Å². The van der Waals surface area contributed by atoms with Crippen LogP contribution in [0.4, 0.5) is 0 Å². The second-order valence-electron chi connectivity index (χ2n) is 5.88. The van der Waals surface area contributed by atoms with E-state index in [9.17, 15) is 14.4 Å². The summed E-state index contributed by atoms with van der Waals surface area (Å²) in [6, 6.07) is 6.78. The Morgan fingerprint density at radius 3 is 2.39 bits per heavy atom. The molecule has 122 valence electrons. The topological polar surface area (TPSA) is 75.7 Å². The number of carbonyl (C=O) groups is 3. The third-order valence-corrected chi connectivity index (χ3v) is 4.49. The van der Waals surface area contributed by atoms with E-state index in [0.717, 1.165) is 30.7 Å². The molecule has 1 aliphatic carbocycles. The zero-order chi connectivity index (χ0) is 16.4. The predicted octanol–water partition coefficient (Wildman–Crippen LogP) is 1.91. The molecule has 2 aliphatic rings. The van der Waals surface area contributed by atoms with Crippen molar-refractivity contribution in [2.24, 2.45) is 11.8 Å². The average molecular weight is 316 g/mol. The summed E-state index contributed by atoms with van der Waals surface area (Å²) in [6.45, 7) is 2.25. The quantitative estimate of drug-likeness (QED) is 0.861. The highest BCUT2D eigenvalue weighted by atomic mass is 16.5. The second-order valence-corrected chi connectivity index (χ2v) is 5.88. The largest absolute Gasteiger partial charge is 0.493 e. The molecule has 3 amide bonds. The molecule has 1 N–H and O–H groups in total. The zero-order valence-electron chi connectivity index (χ0n) is 13.1. The Balaban J connectivity index is 1.78. The second kappa shape index (κ2) is 6.40. The number of fused-ring (bicyclic) bond motifs is 1. The van der Waals surface area contributed by atoms with Crippen LogP contribution in [0.25, 0.3) is 0 Å². The fourth-order valence-corrected chi connectivity index (χ4v) is 3.37. The van der Waals surface area contributed by atoms with Gasteiger partial charge in [0.25, 0.3) is 17.7 Å². The Kier molecular flexibility index (Phi) is 4.32. The number of hydrogen-bond acceptors (Lipinski definition) is 4. The van der Waals surface area contributed by atoms with Gasteiger partial charge in [-0.3, -0.25) is 19.8 Å². The molecular formula is C17H20N2O4. The third kappa shape index (κ3) is 2.81.